The van der Waals surface area contributed by atoms with E-state index < -0.39 is 0 Å². The van der Waals surface area contributed by atoms with Crippen molar-refractivity contribution in [1.82, 2.24) is 0 Å². The van der Waals surface area contributed by atoms with E-state index in [9.17, 15) is 0 Å². The van der Waals surface area contributed by atoms with Crippen molar-refractivity contribution < 1.29 is 0 Å². The van der Waals surface area contributed by atoms with Gasteiger partial charge in [0.25, 0.3) is 0 Å². The summed E-state index contributed by atoms with van der Waals surface area (Å²) in [5, 5.41) is 0. The van der Waals surface area contributed by atoms with E-state index in [4.69, 9.17) is 0 Å². The Balaban J connectivity index is 0.000000607. The first-order valence-electron chi connectivity index (χ1n) is 19.9. The molecule has 2 aliphatic rings. The summed E-state index contributed by atoms with van der Waals surface area (Å²) >= 11 is 0. The summed E-state index contributed by atoms with van der Waals surface area (Å²) in [6, 6.07) is 38.4. The van der Waals surface area contributed by atoms with Crippen LogP contribution >= 0.6 is 0 Å². The van der Waals surface area contributed by atoms with E-state index >= 15 is 0 Å². The van der Waals surface area contributed by atoms with Gasteiger partial charge in [-0.3, -0.25) is 0 Å². The van der Waals surface area contributed by atoms with Crippen LogP contribution in [0.3, 0.4) is 0 Å². The molecule has 0 aliphatic heterocycles. The minimum Gasteiger partial charge on any atom is -0.0683 e. The van der Waals surface area contributed by atoms with E-state index in [-0.39, 0.29) is 0 Å². The number of benzene rings is 4. The molecule has 0 radical (unpaired) electrons. The number of rotatable bonds is 2. The van der Waals surface area contributed by atoms with Gasteiger partial charge >= 0.3 is 0 Å². The molecule has 0 heterocycles. The SMILES string of the molecule is CC.CC.CC1CCC(C)CC1.CCC.Cc1ccc(-c2ccccc2)cc1.Cc1ccc(C2CCC(C)CC2)cc1.Cc1ccccc1. The molecule has 6 rings (SSSR count). The van der Waals surface area contributed by atoms with Gasteiger partial charge in [0.2, 0.25) is 0 Å². The lowest BCUT2D eigenvalue weighted by Gasteiger charge is -2.26. The van der Waals surface area contributed by atoms with E-state index in [1.54, 1.807) is 5.56 Å². The van der Waals surface area contributed by atoms with Crippen LogP contribution in [0.1, 0.15) is 148 Å². The van der Waals surface area contributed by atoms with Crippen LogP contribution in [-0.2, 0) is 0 Å². The number of hydrogen-bond acceptors (Lipinski definition) is 0. The lowest BCUT2D eigenvalue weighted by Crippen LogP contribution is -2.10. The molecule has 0 saturated heterocycles. The minimum atomic E-state index is 0.840. The van der Waals surface area contributed by atoms with Crippen LogP contribution in [0.2, 0.25) is 0 Å². The van der Waals surface area contributed by atoms with Crippen LogP contribution in [0.4, 0.5) is 0 Å². The molecule has 0 amide bonds. The highest BCUT2D eigenvalue weighted by atomic mass is 14.2. The molecule has 0 bridgehead atoms. The molecular formula is C49H76. The first-order chi connectivity index (χ1) is 23.7. The van der Waals surface area contributed by atoms with Gasteiger partial charge in [0, 0.05) is 0 Å². The van der Waals surface area contributed by atoms with Gasteiger partial charge in [-0.1, -0.05) is 233 Å². The third-order valence-corrected chi connectivity index (χ3v) is 8.97. The van der Waals surface area contributed by atoms with Crippen molar-refractivity contribution in [1.29, 1.82) is 0 Å². The predicted octanol–water partition coefficient (Wildman–Crippen LogP) is 16.2. The smallest absolute Gasteiger partial charge is 0.0162 e. The lowest BCUT2D eigenvalue weighted by atomic mass is 9.79. The zero-order chi connectivity index (χ0) is 36.9. The quantitative estimate of drug-likeness (QED) is 0.200. The molecule has 0 unspecified atom stereocenters. The molecule has 0 spiro atoms. The second kappa shape index (κ2) is 29.8. The Labute approximate surface area is 306 Å². The Kier molecular flexibility index (Phi) is 27.9. The summed E-state index contributed by atoms with van der Waals surface area (Å²) in [4.78, 5) is 0. The predicted molar refractivity (Wildman–Crippen MR) is 225 cm³/mol. The summed E-state index contributed by atoms with van der Waals surface area (Å²) in [7, 11) is 0. The number of aryl methyl sites for hydroxylation is 3. The zero-order valence-corrected chi connectivity index (χ0v) is 34.1. The summed E-state index contributed by atoms with van der Waals surface area (Å²) in [5.74, 6) is 3.83. The zero-order valence-electron chi connectivity index (χ0n) is 34.1. The summed E-state index contributed by atoms with van der Waals surface area (Å²) < 4.78 is 0. The molecular weight excluding hydrogens is 589 g/mol. The maximum absolute atomic E-state index is 2.38. The van der Waals surface area contributed by atoms with Gasteiger partial charge in [-0.05, 0) is 74.0 Å². The van der Waals surface area contributed by atoms with Crippen LogP contribution < -0.4 is 0 Å². The fourth-order valence-corrected chi connectivity index (χ4v) is 5.77. The molecule has 0 heteroatoms. The largest absolute Gasteiger partial charge is 0.0683 e. The molecule has 2 aliphatic carbocycles. The molecule has 49 heavy (non-hydrogen) atoms. The van der Waals surface area contributed by atoms with Crippen LogP contribution in [0.5, 0.6) is 0 Å². The van der Waals surface area contributed by atoms with Crippen molar-refractivity contribution in [3.8, 4) is 11.1 Å². The Hall–Kier alpha value is -3.12. The van der Waals surface area contributed by atoms with Crippen LogP contribution in [0.25, 0.3) is 11.1 Å². The maximum Gasteiger partial charge on any atom is -0.0162 e. The van der Waals surface area contributed by atoms with E-state index in [0.717, 1.165) is 23.7 Å². The van der Waals surface area contributed by atoms with Gasteiger partial charge in [-0.25, -0.2) is 0 Å². The van der Waals surface area contributed by atoms with Gasteiger partial charge < -0.3 is 0 Å². The third-order valence-electron chi connectivity index (χ3n) is 8.97. The van der Waals surface area contributed by atoms with E-state index in [0.29, 0.717) is 0 Å². The first kappa shape index (κ1) is 45.9. The van der Waals surface area contributed by atoms with Crippen LogP contribution in [-0.4, -0.2) is 0 Å². The monoisotopic (exact) mass is 665 g/mol. The Morgan fingerprint density at radius 2 is 0.673 bits per heavy atom. The van der Waals surface area contributed by atoms with Crippen molar-refractivity contribution in [2.45, 2.75) is 147 Å². The van der Waals surface area contributed by atoms with Gasteiger partial charge in [0.15, 0.2) is 0 Å². The maximum atomic E-state index is 2.38. The Morgan fingerprint density at radius 3 is 1.02 bits per heavy atom. The molecule has 2 saturated carbocycles. The average Bonchev–Trinajstić information content (AvgIpc) is 3.14. The molecule has 0 nitrogen and oxygen atoms in total. The highest BCUT2D eigenvalue weighted by Crippen LogP contribution is 2.35. The Morgan fingerprint density at radius 1 is 0.388 bits per heavy atom. The molecule has 0 atom stereocenters. The van der Waals surface area contributed by atoms with Crippen molar-refractivity contribution in [3.63, 3.8) is 0 Å². The van der Waals surface area contributed by atoms with Crippen molar-refractivity contribution >= 4 is 0 Å². The fraction of sp³-hybridized carbons (Fsp3) is 0.510. The van der Waals surface area contributed by atoms with Crippen LogP contribution in [0.15, 0.2) is 109 Å². The van der Waals surface area contributed by atoms with Crippen molar-refractivity contribution in [3.05, 3.63) is 131 Å². The third kappa shape index (κ3) is 22.3. The van der Waals surface area contributed by atoms with Crippen molar-refractivity contribution in [2.24, 2.45) is 17.8 Å². The highest BCUT2D eigenvalue weighted by Gasteiger charge is 2.19. The Bertz CT molecular complexity index is 1210. The summed E-state index contributed by atoms with van der Waals surface area (Å²) in [6.45, 7) is 25.7. The molecule has 2 fully saturated rings. The van der Waals surface area contributed by atoms with Gasteiger partial charge in [-0.2, -0.15) is 0 Å². The molecule has 0 aromatic heterocycles. The minimum absolute atomic E-state index is 0.840. The molecule has 4 aromatic rings. The summed E-state index contributed by atoms with van der Waals surface area (Å²) in [5.41, 5.74) is 8.12. The van der Waals surface area contributed by atoms with Crippen molar-refractivity contribution in [2.75, 3.05) is 0 Å². The summed E-state index contributed by atoms with van der Waals surface area (Å²) in [6.07, 6.45) is 12.8. The molecule has 0 N–H and O–H groups in total. The van der Waals surface area contributed by atoms with E-state index in [1.807, 2.05) is 52.0 Å². The van der Waals surface area contributed by atoms with Gasteiger partial charge in [0.05, 0.1) is 0 Å². The standard InChI is InChI=1S/C14H20.C13H12.C8H16.C7H8.C3H8.2C2H6/c1-11-3-7-13(8-4-11)14-9-5-12(2)6-10-14;1-11-7-9-13(10-8-11)12-5-3-2-4-6-12;1-7-3-5-8(2)6-4-7;1-7-5-3-2-4-6-7;1-3-2;2*1-2/h3-4,7-8,12,14H,5-6,9-10H2,1-2H3;2-10H,1H3;7-8H,3-6H2,1-2H3;2-6H,1H3;3H2,1-2H3;2*1-2H3. The van der Waals surface area contributed by atoms with E-state index in [2.05, 4.69) is 140 Å². The fourth-order valence-electron chi connectivity index (χ4n) is 5.77. The highest BCUT2D eigenvalue weighted by molar-refractivity contribution is 5.63. The molecule has 272 valence electrons. The van der Waals surface area contributed by atoms with Crippen LogP contribution in [0, 0.1) is 38.5 Å². The second-order valence-corrected chi connectivity index (χ2v) is 13.8. The first-order valence-corrected chi connectivity index (χ1v) is 19.9. The van der Waals surface area contributed by atoms with Gasteiger partial charge in [0.1, 0.15) is 0 Å². The normalized spacial score (nSPS) is 18.9. The van der Waals surface area contributed by atoms with Gasteiger partial charge in [-0.15, -0.1) is 0 Å². The lowest BCUT2D eigenvalue weighted by molar-refractivity contribution is 0.308. The second-order valence-electron chi connectivity index (χ2n) is 13.8. The topological polar surface area (TPSA) is 0 Å². The molecule has 4 aromatic carbocycles. The number of hydrogen-bond donors (Lipinski definition) is 0. The van der Waals surface area contributed by atoms with E-state index in [1.165, 1.54) is 85.6 Å². The average molecular weight is 665 g/mol.